The molecule has 4 aliphatic rings. The molecule has 2 nitrogen and oxygen atoms in total. The molecule has 0 saturated heterocycles. The van der Waals surface area contributed by atoms with Crippen LogP contribution in [-0.4, -0.2) is 16.2 Å². The van der Waals surface area contributed by atoms with Crippen molar-refractivity contribution in [3.8, 4) is 0 Å². The Balaban J connectivity index is 1.56. The van der Waals surface area contributed by atoms with Gasteiger partial charge in [0.05, 0.1) is 10.3 Å². The Hall–Kier alpha value is -0.310. The normalized spacial score (nSPS) is 36.8. The summed E-state index contributed by atoms with van der Waals surface area (Å²) in [7, 11) is 0. The molecule has 0 aromatic heterocycles. The van der Waals surface area contributed by atoms with Gasteiger partial charge in [0.25, 0.3) is 5.91 Å². The Bertz CT molecular complexity index is 458. The summed E-state index contributed by atoms with van der Waals surface area (Å²) in [6.07, 6.45) is 15.1. The summed E-state index contributed by atoms with van der Waals surface area (Å²) in [5.41, 5.74) is 1.16. The fourth-order valence-electron chi connectivity index (χ4n) is 4.96. The number of unbranched alkanes of at least 4 members (excludes halogenated alkanes) is 2. The molecule has 3 heteroatoms. The summed E-state index contributed by atoms with van der Waals surface area (Å²) in [5.74, 6) is 0.520. The first kappa shape index (κ1) is 17.5. The molecule has 1 heterocycles. The first-order valence-corrected chi connectivity index (χ1v) is 10.6. The zero-order chi connectivity index (χ0) is 16.5. The van der Waals surface area contributed by atoms with E-state index in [4.69, 9.17) is 0 Å². The Morgan fingerprint density at radius 1 is 1.09 bits per heavy atom. The predicted octanol–water partition coefficient (Wildman–Crippen LogP) is 5.99. The van der Waals surface area contributed by atoms with Gasteiger partial charge in [0.2, 0.25) is 0 Å². The third kappa shape index (κ3) is 3.70. The van der Waals surface area contributed by atoms with Gasteiger partial charge in [-0.05, 0) is 61.7 Å². The van der Waals surface area contributed by atoms with Gasteiger partial charge >= 0.3 is 0 Å². The molecule has 1 amide bonds. The van der Waals surface area contributed by atoms with E-state index in [0.717, 1.165) is 11.5 Å². The second-order valence-electron chi connectivity index (χ2n) is 8.76. The largest absolute Gasteiger partial charge is 0.271 e. The van der Waals surface area contributed by atoms with Gasteiger partial charge in [-0.15, -0.1) is 0 Å². The molecule has 0 aromatic rings. The molecule has 130 valence electrons. The van der Waals surface area contributed by atoms with E-state index < -0.39 is 0 Å². The molecule has 3 saturated carbocycles. The molecule has 0 N–H and O–H groups in total. The molecule has 0 aromatic carbocycles. The van der Waals surface area contributed by atoms with Crippen molar-refractivity contribution < 1.29 is 4.79 Å². The summed E-state index contributed by atoms with van der Waals surface area (Å²) in [6, 6.07) is 0. The maximum atomic E-state index is 12.1. The van der Waals surface area contributed by atoms with Crippen molar-refractivity contribution in [3.05, 3.63) is 0 Å². The quantitative estimate of drug-likeness (QED) is 0.534. The molecule has 2 bridgehead atoms. The summed E-state index contributed by atoms with van der Waals surface area (Å²) >= 11 is 1.77. The monoisotopic (exact) mass is 335 g/mol. The van der Waals surface area contributed by atoms with Crippen LogP contribution in [0.5, 0.6) is 0 Å². The molecule has 1 aliphatic heterocycles. The summed E-state index contributed by atoms with van der Waals surface area (Å²) in [5, 5.41) is 1.23. The number of amides is 1. The second kappa shape index (κ2) is 6.90. The zero-order valence-electron chi connectivity index (χ0n) is 15.2. The van der Waals surface area contributed by atoms with E-state index >= 15 is 0 Å². The highest BCUT2D eigenvalue weighted by atomic mass is 32.2. The van der Waals surface area contributed by atoms with Crippen LogP contribution in [0, 0.1) is 16.7 Å². The number of carbonyl (C=O) groups excluding carboxylic acids is 1. The minimum atomic E-state index is 0.0849. The van der Waals surface area contributed by atoms with Crippen LogP contribution in [0.4, 0.5) is 0 Å². The number of rotatable bonds is 7. The summed E-state index contributed by atoms with van der Waals surface area (Å²) in [6.45, 7) is 6.58. The maximum Gasteiger partial charge on any atom is 0.260 e. The van der Waals surface area contributed by atoms with Crippen molar-refractivity contribution in [2.24, 2.45) is 21.7 Å². The van der Waals surface area contributed by atoms with Gasteiger partial charge in [-0.1, -0.05) is 51.8 Å². The van der Waals surface area contributed by atoms with Crippen LogP contribution in [0.1, 0.15) is 91.4 Å². The van der Waals surface area contributed by atoms with E-state index in [-0.39, 0.29) is 11.2 Å². The average Bonchev–Trinajstić information content (AvgIpc) is 2.90. The fraction of sp³-hybridized carbons (Fsp3) is 0.900. The SMILES string of the molecule is CCCCCC12CCC(CC3=NC(=O)[C@H](C(C)C)S3)(CC1)CC2. The number of thioether (sulfide) groups is 1. The van der Waals surface area contributed by atoms with Crippen molar-refractivity contribution in [2.75, 3.05) is 0 Å². The van der Waals surface area contributed by atoms with Crippen LogP contribution in [0.3, 0.4) is 0 Å². The number of hydrogen-bond donors (Lipinski definition) is 0. The third-order valence-electron chi connectivity index (χ3n) is 6.74. The molecule has 23 heavy (non-hydrogen) atoms. The number of nitrogens with zero attached hydrogens (tertiary/aromatic N) is 1. The highest BCUT2D eigenvalue weighted by Crippen LogP contribution is 2.60. The first-order valence-electron chi connectivity index (χ1n) is 9.76. The van der Waals surface area contributed by atoms with Crippen molar-refractivity contribution in [3.63, 3.8) is 0 Å². The fourth-order valence-corrected chi connectivity index (χ4v) is 6.22. The van der Waals surface area contributed by atoms with Gasteiger partial charge in [0.15, 0.2) is 0 Å². The molecule has 0 spiro atoms. The topological polar surface area (TPSA) is 29.4 Å². The Morgan fingerprint density at radius 2 is 1.70 bits per heavy atom. The van der Waals surface area contributed by atoms with Gasteiger partial charge in [-0.2, -0.15) is 0 Å². The average molecular weight is 336 g/mol. The van der Waals surface area contributed by atoms with E-state index in [2.05, 4.69) is 25.8 Å². The molecule has 4 rings (SSSR count). The lowest BCUT2D eigenvalue weighted by Gasteiger charge is -2.54. The smallest absolute Gasteiger partial charge is 0.260 e. The van der Waals surface area contributed by atoms with Gasteiger partial charge in [0, 0.05) is 6.42 Å². The van der Waals surface area contributed by atoms with Crippen LogP contribution >= 0.6 is 11.8 Å². The van der Waals surface area contributed by atoms with Crippen molar-refractivity contribution in [1.82, 2.24) is 0 Å². The standard InChI is InChI=1S/C20H33NOS/c1-4-5-6-7-19-8-11-20(12-9-19,13-10-19)14-16-21-18(22)17(23-16)15(2)3/h15,17H,4-14H2,1-3H3/t17-,19?,20?/m0/s1. The molecule has 3 fully saturated rings. The van der Waals surface area contributed by atoms with E-state index in [1.54, 1.807) is 11.8 Å². The van der Waals surface area contributed by atoms with Crippen LogP contribution in [0.25, 0.3) is 0 Å². The summed E-state index contributed by atoms with van der Waals surface area (Å²) < 4.78 is 0. The lowest BCUT2D eigenvalue weighted by atomic mass is 9.52. The third-order valence-corrected chi connectivity index (χ3v) is 8.25. The summed E-state index contributed by atoms with van der Waals surface area (Å²) in [4.78, 5) is 16.5. The molecule has 1 atom stereocenters. The predicted molar refractivity (Wildman–Crippen MR) is 100.0 cm³/mol. The van der Waals surface area contributed by atoms with Crippen molar-refractivity contribution >= 4 is 22.7 Å². The second-order valence-corrected chi connectivity index (χ2v) is 9.97. The number of aliphatic imine (C=N–C) groups is 1. The highest BCUT2D eigenvalue weighted by Gasteiger charge is 2.49. The number of carbonyl (C=O) groups is 1. The van der Waals surface area contributed by atoms with E-state index in [1.807, 2.05) is 0 Å². The van der Waals surface area contributed by atoms with Crippen LogP contribution < -0.4 is 0 Å². The van der Waals surface area contributed by atoms with Crippen LogP contribution in [0.15, 0.2) is 4.99 Å². The molecular formula is C20H33NOS. The van der Waals surface area contributed by atoms with E-state index in [1.165, 1.54) is 64.2 Å². The van der Waals surface area contributed by atoms with Crippen molar-refractivity contribution in [2.45, 2.75) is 96.7 Å². The minimum absolute atomic E-state index is 0.0849. The molecule has 3 aliphatic carbocycles. The molecular weight excluding hydrogens is 302 g/mol. The maximum absolute atomic E-state index is 12.1. The van der Waals surface area contributed by atoms with Crippen LogP contribution in [0.2, 0.25) is 0 Å². The minimum Gasteiger partial charge on any atom is -0.271 e. The lowest BCUT2D eigenvalue weighted by Crippen LogP contribution is -2.42. The number of hydrogen-bond acceptors (Lipinski definition) is 2. The van der Waals surface area contributed by atoms with Gasteiger partial charge in [-0.3, -0.25) is 4.79 Å². The van der Waals surface area contributed by atoms with E-state index in [0.29, 0.717) is 16.7 Å². The Morgan fingerprint density at radius 3 is 2.22 bits per heavy atom. The van der Waals surface area contributed by atoms with E-state index in [9.17, 15) is 4.79 Å². The molecule has 0 radical (unpaired) electrons. The Labute approximate surface area is 146 Å². The van der Waals surface area contributed by atoms with Crippen LogP contribution in [-0.2, 0) is 4.79 Å². The van der Waals surface area contributed by atoms with Gasteiger partial charge < -0.3 is 0 Å². The number of fused-ring (bicyclic) bond motifs is 3. The first-order chi connectivity index (χ1) is 11.0. The zero-order valence-corrected chi connectivity index (χ0v) is 16.0. The highest BCUT2D eigenvalue weighted by molar-refractivity contribution is 8.15. The van der Waals surface area contributed by atoms with Crippen molar-refractivity contribution in [1.29, 1.82) is 0 Å². The van der Waals surface area contributed by atoms with Gasteiger partial charge in [0.1, 0.15) is 0 Å². The Kier molecular flexibility index (Phi) is 5.25. The lowest BCUT2D eigenvalue weighted by molar-refractivity contribution is -0.117. The van der Waals surface area contributed by atoms with Gasteiger partial charge in [-0.25, -0.2) is 4.99 Å². The molecule has 0 unspecified atom stereocenters.